The van der Waals surface area contributed by atoms with E-state index in [2.05, 4.69) is 15.5 Å². The third-order valence-corrected chi connectivity index (χ3v) is 5.61. The van der Waals surface area contributed by atoms with E-state index >= 15 is 0 Å². The van der Waals surface area contributed by atoms with Crippen molar-refractivity contribution in [1.29, 1.82) is 0 Å². The largest absolute Gasteiger partial charge is 0.325 e. The van der Waals surface area contributed by atoms with Crippen LogP contribution in [0, 0.1) is 17.0 Å². The fraction of sp³-hybridized carbons (Fsp3) is 0.150. The Labute approximate surface area is 170 Å². The maximum atomic E-state index is 12.6. The second-order valence-electron chi connectivity index (χ2n) is 6.57. The minimum atomic E-state index is -0.480. The summed E-state index contributed by atoms with van der Waals surface area (Å²) in [5.74, 6) is -0.225. The highest BCUT2D eigenvalue weighted by atomic mass is 32.2. The van der Waals surface area contributed by atoms with Crippen LogP contribution < -0.4 is 5.32 Å². The second-order valence-corrected chi connectivity index (χ2v) is 7.88. The Morgan fingerprint density at radius 3 is 2.62 bits per heavy atom. The topological polar surface area (TPSA) is 102 Å². The number of rotatable bonds is 5. The molecule has 0 unspecified atom stereocenters. The zero-order valence-electron chi connectivity index (χ0n) is 15.7. The molecule has 2 heterocycles. The summed E-state index contributed by atoms with van der Waals surface area (Å²) in [6.45, 7) is 3.81. The zero-order valence-corrected chi connectivity index (χ0v) is 16.5. The van der Waals surface area contributed by atoms with Crippen molar-refractivity contribution in [3.05, 3.63) is 70.3 Å². The van der Waals surface area contributed by atoms with Gasteiger partial charge in [0.25, 0.3) is 5.69 Å². The van der Waals surface area contributed by atoms with Gasteiger partial charge in [-0.2, -0.15) is 0 Å². The lowest BCUT2D eigenvalue weighted by molar-refractivity contribution is -0.384. The standard InChI is InChI=1S/C20H17N5O3S/c1-12-11-18-22-23-20(24(18)17-6-4-3-5-16(12)17)29-13(2)19(26)21-14-7-9-15(10-8-14)25(27)28/h3-11,13H,1-2H3,(H,21,26)/t13-/m1/s1. The third-order valence-electron chi connectivity index (χ3n) is 4.57. The van der Waals surface area contributed by atoms with Crippen LogP contribution in [0.15, 0.2) is 59.8 Å². The Hall–Kier alpha value is -3.46. The van der Waals surface area contributed by atoms with E-state index in [1.54, 1.807) is 6.92 Å². The minimum absolute atomic E-state index is 0.0254. The normalized spacial score (nSPS) is 12.2. The number of aryl methyl sites for hydroxylation is 1. The number of hydrogen-bond acceptors (Lipinski definition) is 6. The number of thioether (sulfide) groups is 1. The molecule has 0 radical (unpaired) electrons. The molecule has 4 aromatic rings. The van der Waals surface area contributed by atoms with Gasteiger partial charge >= 0.3 is 0 Å². The Morgan fingerprint density at radius 1 is 1.17 bits per heavy atom. The number of pyridine rings is 1. The molecule has 2 aromatic heterocycles. The van der Waals surface area contributed by atoms with Gasteiger partial charge in [0.05, 0.1) is 15.7 Å². The second kappa shape index (κ2) is 7.51. The third kappa shape index (κ3) is 3.64. The fourth-order valence-corrected chi connectivity index (χ4v) is 3.94. The molecule has 9 heteroatoms. The van der Waals surface area contributed by atoms with Gasteiger partial charge < -0.3 is 5.32 Å². The lowest BCUT2D eigenvalue weighted by Gasteiger charge is -2.12. The first-order valence-electron chi connectivity index (χ1n) is 8.89. The molecule has 1 atom stereocenters. The summed E-state index contributed by atoms with van der Waals surface area (Å²) < 4.78 is 1.95. The van der Waals surface area contributed by atoms with Gasteiger partial charge in [-0.1, -0.05) is 30.0 Å². The summed E-state index contributed by atoms with van der Waals surface area (Å²) in [7, 11) is 0. The molecule has 29 heavy (non-hydrogen) atoms. The van der Waals surface area contributed by atoms with Crippen LogP contribution in [-0.4, -0.2) is 30.7 Å². The molecule has 0 aliphatic carbocycles. The predicted octanol–water partition coefficient (Wildman–Crippen LogP) is 4.22. The number of nitrogens with zero attached hydrogens (tertiary/aromatic N) is 4. The molecule has 1 N–H and O–H groups in total. The maximum Gasteiger partial charge on any atom is 0.269 e. The van der Waals surface area contributed by atoms with Crippen molar-refractivity contribution in [3.63, 3.8) is 0 Å². The molecular formula is C20H17N5O3S. The van der Waals surface area contributed by atoms with Crippen molar-refractivity contribution in [2.75, 3.05) is 5.32 Å². The van der Waals surface area contributed by atoms with E-state index in [9.17, 15) is 14.9 Å². The molecule has 0 aliphatic heterocycles. The van der Waals surface area contributed by atoms with Gasteiger partial charge in [0, 0.05) is 23.2 Å². The first-order chi connectivity index (χ1) is 13.9. The van der Waals surface area contributed by atoms with Gasteiger partial charge in [0.2, 0.25) is 5.91 Å². The first kappa shape index (κ1) is 18.9. The molecular weight excluding hydrogens is 390 g/mol. The fourth-order valence-electron chi connectivity index (χ4n) is 3.07. The van der Waals surface area contributed by atoms with Gasteiger partial charge in [0.15, 0.2) is 10.8 Å². The molecule has 8 nitrogen and oxygen atoms in total. The number of aromatic nitrogens is 3. The van der Waals surface area contributed by atoms with E-state index in [4.69, 9.17) is 0 Å². The Kier molecular flexibility index (Phi) is 4.89. The maximum absolute atomic E-state index is 12.6. The number of para-hydroxylation sites is 1. The quantitative estimate of drug-likeness (QED) is 0.302. The number of benzene rings is 2. The van der Waals surface area contributed by atoms with Crippen molar-refractivity contribution >= 4 is 45.6 Å². The number of nitrogens with one attached hydrogen (secondary N) is 1. The number of fused-ring (bicyclic) bond motifs is 3. The molecule has 146 valence electrons. The van der Waals surface area contributed by atoms with Crippen LogP contribution >= 0.6 is 11.8 Å². The summed E-state index contributed by atoms with van der Waals surface area (Å²) in [4.78, 5) is 22.8. The van der Waals surface area contributed by atoms with Crippen LogP contribution in [-0.2, 0) is 4.79 Å². The SMILES string of the molecule is Cc1cc2nnc(S[C@H](C)C(=O)Nc3ccc([N+](=O)[O-])cc3)n2c2ccccc12. The molecule has 0 aliphatic rings. The van der Waals surface area contributed by atoms with Crippen LogP contribution in [0.3, 0.4) is 0 Å². The van der Waals surface area contributed by atoms with Crippen molar-refractivity contribution in [1.82, 2.24) is 14.6 Å². The highest BCUT2D eigenvalue weighted by Gasteiger charge is 2.20. The number of anilines is 1. The number of hydrogen-bond donors (Lipinski definition) is 1. The molecule has 0 bridgehead atoms. The smallest absolute Gasteiger partial charge is 0.269 e. The molecule has 1 amide bonds. The van der Waals surface area contributed by atoms with Gasteiger partial charge in [-0.05, 0) is 43.7 Å². The summed E-state index contributed by atoms with van der Waals surface area (Å²) in [5.41, 5.74) is 3.30. The zero-order chi connectivity index (χ0) is 20.5. The van der Waals surface area contributed by atoms with E-state index < -0.39 is 10.2 Å². The van der Waals surface area contributed by atoms with Crippen molar-refractivity contribution in [3.8, 4) is 0 Å². The first-order valence-corrected chi connectivity index (χ1v) is 9.77. The Bertz CT molecular complexity index is 1240. The highest BCUT2D eigenvalue weighted by Crippen LogP contribution is 2.28. The van der Waals surface area contributed by atoms with Crippen LogP contribution in [0.25, 0.3) is 16.6 Å². The summed E-state index contributed by atoms with van der Waals surface area (Å²) >= 11 is 1.30. The van der Waals surface area contributed by atoms with Crippen LogP contribution in [0.5, 0.6) is 0 Å². The van der Waals surface area contributed by atoms with Gasteiger partial charge in [-0.15, -0.1) is 10.2 Å². The van der Waals surface area contributed by atoms with Gasteiger partial charge in [-0.3, -0.25) is 19.3 Å². The van der Waals surface area contributed by atoms with E-state index in [-0.39, 0.29) is 11.6 Å². The number of carbonyl (C=O) groups excluding carboxylic acids is 1. The van der Waals surface area contributed by atoms with E-state index in [0.29, 0.717) is 10.8 Å². The lowest BCUT2D eigenvalue weighted by Crippen LogP contribution is -2.22. The van der Waals surface area contributed by atoms with Gasteiger partial charge in [0.1, 0.15) is 0 Å². The average Bonchev–Trinajstić information content (AvgIpc) is 3.11. The predicted molar refractivity (Wildman–Crippen MR) is 112 cm³/mol. The highest BCUT2D eigenvalue weighted by molar-refractivity contribution is 8.00. The van der Waals surface area contributed by atoms with E-state index in [1.807, 2.05) is 41.7 Å². The van der Waals surface area contributed by atoms with Crippen LogP contribution in [0.4, 0.5) is 11.4 Å². The number of non-ortho nitro benzene ring substituents is 1. The lowest BCUT2D eigenvalue weighted by atomic mass is 10.1. The van der Waals surface area contributed by atoms with Crippen molar-refractivity contribution in [2.45, 2.75) is 24.3 Å². The average molecular weight is 407 g/mol. The number of nitro groups is 1. The van der Waals surface area contributed by atoms with Crippen molar-refractivity contribution < 1.29 is 9.72 Å². The minimum Gasteiger partial charge on any atom is -0.325 e. The molecule has 0 fully saturated rings. The summed E-state index contributed by atoms with van der Waals surface area (Å²) in [6.07, 6.45) is 0. The van der Waals surface area contributed by atoms with Gasteiger partial charge in [-0.25, -0.2) is 0 Å². The molecule has 4 rings (SSSR count). The number of amides is 1. The Morgan fingerprint density at radius 2 is 1.90 bits per heavy atom. The Balaban J connectivity index is 1.57. The summed E-state index contributed by atoms with van der Waals surface area (Å²) in [5, 5.41) is 23.3. The van der Waals surface area contributed by atoms with Crippen molar-refractivity contribution in [2.24, 2.45) is 0 Å². The molecule has 0 spiro atoms. The van der Waals surface area contributed by atoms with Crippen LogP contribution in [0.2, 0.25) is 0 Å². The van der Waals surface area contributed by atoms with Crippen LogP contribution in [0.1, 0.15) is 12.5 Å². The van der Waals surface area contributed by atoms with E-state index in [0.717, 1.165) is 22.1 Å². The van der Waals surface area contributed by atoms with E-state index in [1.165, 1.54) is 36.0 Å². The monoisotopic (exact) mass is 407 g/mol. The summed E-state index contributed by atoms with van der Waals surface area (Å²) in [6, 6.07) is 15.7. The molecule has 0 saturated carbocycles. The molecule has 2 aromatic carbocycles. The number of nitro benzene ring substituents is 1. The number of carbonyl (C=O) groups is 1. The molecule has 0 saturated heterocycles.